The second kappa shape index (κ2) is 6.42. The van der Waals surface area contributed by atoms with Gasteiger partial charge in [-0.2, -0.15) is 0 Å². The van der Waals surface area contributed by atoms with E-state index in [0.717, 1.165) is 32.5 Å². The molecule has 0 aliphatic carbocycles. The van der Waals surface area contributed by atoms with Crippen LogP contribution in [-0.4, -0.2) is 50.5 Å². The second-order valence-corrected chi connectivity index (χ2v) is 6.43. The average molecular weight is 284 g/mol. The fraction of sp³-hybridized carbons (Fsp3) is 0.583. The Morgan fingerprint density at radius 1 is 1.42 bits per heavy atom. The smallest absolute Gasteiger partial charge is 0.242 e. The number of likely N-dealkylation sites (tertiary alicyclic amines) is 1. The predicted octanol–water partition coefficient (Wildman–Crippen LogP) is -0.217. The van der Waals surface area contributed by atoms with E-state index in [0.29, 0.717) is 6.54 Å². The minimum atomic E-state index is -3.45. The first-order chi connectivity index (χ1) is 9.12. The Bertz CT molecular complexity index is 484. The van der Waals surface area contributed by atoms with Crippen LogP contribution < -0.4 is 10.5 Å². The zero-order valence-electron chi connectivity index (χ0n) is 10.8. The molecule has 19 heavy (non-hydrogen) atoms. The van der Waals surface area contributed by atoms with E-state index in [1.54, 1.807) is 18.3 Å². The number of pyridine rings is 1. The molecule has 1 fully saturated rings. The van der Waals surface area contributed by atoms with Gasteiger partial charge in [0.1, 0.15) is 4.90 Å². The van der Waals surface area contributed by atoms with Gasteiger partial charge < -0.3 is 10.6 Å². The predicted molar refractivity (Wildman–Crippen MR) is 73.1 cm³/mol. The maximum absolute atomic E-state index is 12.1. The third-order valence-corrected chi connectivity index (χ3v) is 4.81. The van der Waals surface area contributed by atoms with Gasteiger partial charge in [0.25, 0.3) is 0 Å². The van der Waals surface area contributed by atoms with Gasteiger partial charge in [0.15, 0.2) is 0 Å². The molecule has 3 N–H and O–H groups in total. The van der Waals surface area contributed by atoms with Gasteiger partial charge in [-0.05, 0) is 38.1 Å². The van der Waals surface area contributed by atoms with E-state index in [9.17, 15) is 8.42 Å². The van der Waals surface area contributed by atoms with Crippen molar-refractivity contribution < 1.29 is 8.42 Å². The van der Waals surface area contributed by atoms with Gasteiger partial charge in [-0.1, -0.05) is 0 Å². The van der Waals surface area contributed by atoms with Crippen LogP contribution in [0.25, 0.3) is 0 Å². The molecule has 0 aromatic carbocycles. The molecule has 0 amide bonds. The van der Waals surface area contributed by atoms with Crippen LogP contribution in [0.5, 0.6) is 0 Å². The van der Waals surface area contributed by atoms with Crippen molar-refractivity contribution in [3.05, 3.63) is 24.5 Å². The lowest BCUT2D eigenvalue weighted by Gasteiger charge is -2.31. The number of nitrogens with zero attached hydrogens (tertiary/aromatic N) is 2. The number of nitrogens with two attached hydrogens (primary N) is 1. The van der Waals surface area contributed by atoms with E-state index in [2.05, 4.69) is 14.6 Å². The summed E-state index contributed by atoms with van der Waals surface area (Å²) in [5, 5.41) is 0. The third-order valence-electron chi connectivity index (χ3n) is 3.30. The summed E-state index contributed by atoms with van der Waals surface area (Å²) in [4.78, 5) is 6.32. The largest absolute Gasteiger partial charge is 0.329 e. The number of sulfonamides is 1. The van der Waals surface area contributed by atoms with E-state index >= 15 is 0 Å². The fourth-order valence-electron chi connectivity index (χ4n) is 2.25. The van der Waals surface area contributed by atoms with Gasteiger partial charge >= 0.3 is 0 Å². The monoisotopic (exact) mass is 284 g/mol. The van der Waals surface area contributed by atoms with Crippen LogP contribution in [0.4, 0.5) is 0 Å². The van der Waals surface area contributed by atoms with Gasteiger partial charge in [0.05, 0.1) is 0 Å². The molecular weight excluding hydrogens is 264 g/mol. The van der Waals surface area contributed by atoms with Crippen LogP contribution in [0.1, 0.15) is 12.8 Å². The number of nitrogens with one attached hydrogen (secondary N) is 1. The first kappa shape index (κ1) is 14.4. The Morgan fingerprint density at radius 3 is 2.74 bits per heavy atom. The quantitative estimate of drug-likeness (QED) is 0.780. The number of hydrogen-bond acceptors (Lipinski definition) is 5. The molecule has 7 heteroatoms. The summed E-state index contributed by atoms with van der Waals surface area (Å²) >= 11 is 0. The SMILES string of the molecule is NCCN1CCC(NS(=O)(=O)c2cccnc2)CC1. The van der Waals surface area contributed by atoms with Crippen molar-refractivity contribution in [2.45, 2.75) is 23.8 Å². The van der Waals surface area contributed by atoms with E-state index in [-0.39, 0.29) is 10.9 Å². The van der Waals surface area contributed by atoms with Crippen molar-refractivity contribution in [1.82, 2.24) is 14.6 Å². The standard InChI is InChI=1S/C12H20N4O2S/c13-5-9-16-7-3-11(4-8-16)15-19(17,18)12-2-1-6-14-10-12/h1-2,6,10-11,15H,3-5,7-9,13H2. The topological polar surface area (TPSA) is 88.3 Å². The molecule has 1 aliphatic rings. The number of rotatable bonds is 5. The van der Waals surface area contributed by atoms with Crippen LogP contribution in [-0.2, 0) is 10.0 Å². The molecule has 0 spiro atoms. The highest BCUT2D eigenvalue weighted by atomic mass is 32.2. The zero-order chi connectivity index (χ0) is 13.7. The van der Waals surface area contributed by atoms with E-state index < -0.39 is 10.0 Å². The maximum atomic E-state index is 12.1. The van der Waals surface area contributed by atoms with Crippen molar-refractivity contribution in [2.24, 2.45) is 5.73 Å². The molecule has 0 bridgehead atoms. The molecule has 1 aromatic heterocycles. The normalized spacial score (nSPS) is 18.6. The average Bonchev–Trinajstić information content (AvgIpc) is 2.42. The van der Waals surface area contributed by atoms with E-state index in [4.69, 9.17) is 5.73 Å². The molecule has 0 unspecified atom stereocenters. The van der Waals surface area contributed by atoms with E-state index in [1.165, 1.54) is 6.20 Å². The zero-order valence-corrected chi connectivity index (χ0v) is 11.6. The molecule has 2 heterocycles. The van der Waals surface area contributed by atoms with Crippen LogP contribution in [0.15, 0.2) is 29.4 Å². The Balaban J connectivity index is 1.92. The highest BCUT2D eigenvalue weighted by Gasteiger charge is 2.24. The first-order valence-corrected chi connectivity index (χ1v) is 7.95. The van der Waals surface area contributed by atoms with Gasteiger partial charge in [-0.15, -0.1) is 0 Å². The minimum absolute atomic E-state index is 0.000712. The molecule has 1 aliphatic heterocycles. The summed E-state index contributed by atoms with van der Waals surface area (Å²) in [6, 6.07) is 3.18. The maximum Gasteiger partial charge on any atom is 0.242 e. The van der Waals surface area contributed by atoms with Gasteiger partial charge in [-0.3, -0.25) is 4.98 Å². The molecule has 1 saturated heterocycles. The Labute approximate surface area is 114 Å². The summed E-state index contributed by atoms with van der Waals surface area (Å²) in [6.07, 6.45) is 4.56. The van der Waals surface area contributed by atoms with Crippen LogP contribution in [0, 0.1) is 0 Å². The summed E-state index contributed by atoms with van der Waals surface area (Å²) in [5.74, 6) is 0. The van der Waals surface area contributed by atoms with Crippen LogP contribution in [0.3, 0.4) is 0 Å². The Morgan fingerprint density at radius 2 is 2.16 bits per heavy atom. The molecule has 0 saturated carbocycles. The molecule has 1 aromatic rings. The van der Waals surface area contributed by atoms with Gasteiger partial charge in [0, 0.05) is 31.5 Å². The van der Waals surface area contributed by atoms with Gasteiger partial charge in [0.2, 0.25) is 10.0 Å². The lowest BCUT2D eigenvalue weighted by Crippen LogP contribution is -2.45. The van der Waals surface area contributed by atoms with Crippen molar-refractivity contribution in [3.63, 3.8) is 0 Å². The Hall–Kier alpha value is -1.02. The third kappa shape index (κ3) is 3.97. The second-order valence-electron chi connectivity index (χ2n) is 4.71. The number of hydrogen-bond donors (Lipinski definition) is 2. The lowest BCUT2D eigenvalue weighted by molar-refractivity contribution is 0.212. The molecule has 0 radical (unpaired) electrons. The van der Waals surface area contributed by atoms with E-state index in [1.807, 2.05) is 0 Å². The Kier molecular flexibility index (Phi) is 4.87. The molecule has 2 rings (SSSR count). The number of piperidine rings is 1. The van der Waals surface area contributed by atoms with Crippen molar-refractivity contribution in [2.75, 3.05) is 26.2 Å². The number of aromatic nitrogens is 1. The summed E-state index contributed by atoms with van der Waals surface area (Å²) in [5.41, 5.74) is 5.51. The fourth-order valence-corrected chi connectivity index (χ4v) is 3.52. The molecule has 106 valence electrons. The minimum Gasteiger partial charge on any atom is -0.329 e. The summed E-state index contributed by atoms with van der Waals surface area (Å²) < 4.78 is 27.0. The molecule has 6 nitrogen and oxygen atoms in total. The first-order valence-electron chi connectivity index (χ1n) is 6.46. The molecular formula is C12H20N4O2S. The van der Waals surface area contributed by atoms with Crippen molar-refractivity contribution >= 4 is 10.0 Å². The van der Waals surface area contributed by atoms with Crippen LogP contribution >= 0.6 is 0 Å². The van der Waals surface area contributed by atoms with Crippen molar-refractivity contribution in [3.8, 4) is 0 Å². The summed E-state index contributed by atoms with van der Waals surface area (Å²) in [6.45, 7) is 3.29. The van der Waals surface area contributed by atoms with Crippen LogP contribution in [0.2, 0.25) is 0 Å². The van der Waals surface area contributed by atoms with Crippen molar-refractivity contribution in [1.29, 1.82) is 0 Å². The molecule has 0 atom stereocenters. The highest BCUT2D eigenvalue weighted by Crippen LogP contribution is 2.13. The highest BCUT2D eigenvalue weighted by molar-refractivity contribution is 7.89. The lowest BCUT2D eigenvalue weighted by atomic mass is 10.1. The summed E-state index contributed by atoms with van der Waals surface area (Å²) in [7, 11) is -3.45. The van der Waals surface area contributed by atoms with Gasteiger partial charge in [-0.25, -0.2) is 13.1 Å².